The molecule has 0 aromatic heterocycles. The summed E-state index contributed by atoms with van der Waals surface area (Å²) >= 11 is 0. The zero-order chi connectivity index (χ0) is 20.7. The van der Waals surface area contributed by atoms with Crippen LogP contribution >= 0.6 is 0 Å². The highest BCUT2D eigenvalue weighted by molar-refractivity contribution is 6.43. The second-order valence-corrected chi connectivity index (χ2v) is 7.96. The molecule has 1 aliphatic rings. The van der Waals surface area contributed by atoms with Crippen molar-refractivity contribution in [1.82, 2.24) is 10.6 Å². The Balaban J connectivity index is 2.00. The Morgan fingerprint density at radius 2 is 1.96 bits per heavy atom. The molecule has 1 aromatic carbocycles. The van der Waals surface area contributed by atoms with Crippen LogP contribution in [0.25, 0.3) is 0 Å². The maximum atomic E-state index is 12.7. The third kappa shape index (κ3) is 7.17. The summed E-state index contributed by atoms with van der Waals surface area (Å²) < 4.78 is 5.18. The summed E-state index contributed by atoms with van der Waals surface area (Å²) in [6.45, 7) is 4.16. The fraction of sp³-hybridized carbons (Fsp3) is 0.600. The summed E-state index contributed by atoms with van der Waals surface area (Å²) in [5.74, 6) is -1.17. The first kappa shape index (κ1) is 22.2. The van der Waals surface area contributed by atoms with Gasteiger partial charge in [0.1, 0.15) is 11.7 Å². The minimum atomic E-state index is -1.66. The van der Waals surface area contributed by atoms with Gasteiger partial charge in [-0.2, -0.15) is 0 Å². The normalized spacial score (nSPS) is 15.6. The molecule has 0 heterocycles. The first-order chi connectivity index (χ1) is 13.3. The Kier molecular flexibility index (Phi) is 8.32. The molecule has 0 spiro atoms. The second kappa shape index (κ2) is 10.5. The largest absolute Gasteiger partial charge is 0.497 e. The van der Waals surface area contributed by atoms with E-state index < -0.39 is 24.9 Å². The van der Waals surface area contributed by atoms with Crippen LogP contribution in [-0.2, 0) is 16.1 Å². The van der Waals surface area contributed by atoms with E-state index in [1.54, 1.807) is 7.11 Å². The maximum Gasteiger partial charge on any atom is 0.475 e. The molecule has 0 radical (unpaired) electrons. The Labute approximate surface area is 167 Å². The van der Waals surface area contributed by atoms with Crippen molar-refractivity contribution in [1.29, 1.82) is 0 Å². The Hall–Kier alpha value is -2.06. The van der Waals surface area contributed by atoms with Gasteiger partial charge in [-0.25, -0.2) is 0 Å². The SMILES string of the molecule is COc1cccc(CNC(=O)C(CC2CC2)C(=O)NC(CC(C)C)B(O)O)c1. The molecule has 0 saturated heterocycles. The fourth-order valence-electron chi connectivity index (χ4n) is 3.16. The van der Waals surface area contributed by atoms with Crippen LogP contribution in [0.5, 0.6) is 5.75 Å². The summed E-state index contributed by atoms with van der Waals surface area (Å²) in [4.78, 5) is 25.5. The fourth-order valence-corrected chi connectivity index (χ4v) is 3.16. The van der Waals surface area contributed by atoms with Gasteiger partial charge in [-0.3, -0.25) is 9.59 Å². The molecular formula is C20H31BN2O5. The van der Waals surface area contributed by atoms with Crippen molar-refractivity contribution in [3.63, 3.8) is 0 Å². The molecule has 1 fully saturated rings. The van der Waals surface area contributed by atoms with Crippen molar-refractivity contribution in [2.75, 3.05) is 7.11 Å². The summed E-state index contributed by atoms with van der Waals surface area (Å²) in [7, 11) is -0.0793. The topological polar surface area (TPSA) is 108 Å². The zero-order valence-electron chi connectivity index (χ0n) is 16.9. The Bertz CT molecular complexity index is 664. The van der Waals surface area contributed by atoms with Gasteiger partial charge in [-0.1, -0.05) is 38.8 Å². The van der Waals surface area contributed by atoms with Gasteiger partial charge in [-0.05, 0) is 42.4 Å². The van der Waals surface area contributed by atoms with Crippen molar-refractivity contribution in [2.24, 2.45) is 17.8 Å². The highest BCUT2D eigenvalue weighted by atomic mass is 16.5. The number of benzene rings is 1. The van der Waals surface area contributed by atoms with Gasteiger partial charge in [0.25, 0.3) is 0 Å². The third-order valence-corrected chi connectivity index (χ3v) is 4.91. The monoisotopic (exact) mass is 390 g/mol. The van der Waals surface area contributed by atoms with E-state index in [9.17, 15) is 19.6 Å². The van der Waals surface area contributed by atoms with Gasteiger partial charge in [0, 0.05) is 6.54 Å². The molecule has 8 heteroatoms. The van der Waals surface area contributed by atoms with Crippen LogP contribution in [0.2, 0.25) is 0 Å². The number of methoxy groups -OCH3 is 1. The van der Waals surface area contributed by atoms with Gasteiger partial charge in [0.05, 0.1) is 13.1 Å². The number of amides is 2. The number of carbonyl (C=O) groups is 2. The van der Waals surface area contributed by atoms with Gasteiger partial charge >= 0.3 is 7.12 Å². The second-order valence-electron chi connectivity index (χ2n) is 7.96. The number of ether oxygens (including phenoxy) is 1. The van der Waals surface area contributed by atoms with Crippen LogP contribution in [0.3, 0.4) is 0 Å². The van der Waals surface area contributed by atoms with Crippen LogP contribution in [0.1, 0.15) is 45.1 Å². The lowest BCUT2D eigenvalue weighted by Crippen LogP contribution is -2.51. The highest BCUT2D eigenvalue weighted by Gasteiger charge is 2.36. The molecule has 1 aliphatic carbocycles. The maximum absolute atomic E-state index is 12.7. The number of hydrogen-bond acceptors (Lipinski definition) is 5. The molecule has 28 heavy (non-hydrogen) atoms. The predicted octanol–water partition coefficient (Wildman–Crippen LogP) is 1.27. The van der Waals surface area contributed by atoms with E-state index in [2.05, 4.69) is 10.6 Å². The van der Waals surface area contributed by atoms with Gasteiger partial charge in [-0.15, -0.1) is 0 Å². The molecule has 154 valence electrons. The molecule has 4 N–H and O–H groups in total. The summed E-state index contributed by atoms with van der Waals surface area (Å²) in [5, 5.41) is 24.6. The number of rotatable bonds is 11. The van der Waals surface area contributed by atoms with Crippen molar-refractivity contribution in [3.05, 3.63) is 29.8 Å². The van der Waals surface area contributed by atoms with Crippen molar-refractivity contribution in [2.45, 2.75) is 52.0 Å². The summed E-state index contributed by atoms with van der Waals surface area (Å²) in [6.07, 6.45) is 2.94. The molecule has 7 nitrogen and oxygen atoms in total. The van der Waals surface area contributed by atoms with E-state index in [4.69, 9.17) is 4.74 Å². The van der Waals surface area contributed by atoms with Crippen LogP contribution < -0.4 is 15.4 Å². The summed E-state index contributed by atoms with van der Waals surface area (Å²) in [5.41, 5.74) is 0.877. The average Bonchev–Trinajstić information content (AvgIpc) is 3.47. The minimum Gasteiger partial charge on any atom is -0.497 e. The van der Waals surface area contributed by atoms with E-state index in [0.717, 1.165) is 18.4 Å². The molecular weight excluding hydrogens is 359 g/mol. The van der Waals surface area contributed by atoms with Crippen molar-refractivity contribution >= 4 is 18.9 Å². The lowest BCUT2D eigenvalue weighted by Gasteiger charge is -2.23. The molecule has 0 bridgehead atoms. The van der Waals surface area contributed by atoms with Crippen LogP contribution in [0.4, 0.5) is 0 Å². The molecule has 1 saturated carbocycles. The van der Waals surface area contributed by atoms with Crippen LogP contribution in [-0.4, -0.2) is 42.0 Å². The van der Waals surface area contributed by atoms with E-state index in [1.165, 1.54) is 0 Å². The van der Waals surface area contributed by atoms with Gasteiger partial charge < -0.3 is 25.4 Å². The zero-order valence-corrected chi connectivity index (χ0v) is 16.9. The van der Waals surface area contributed by atoms with Gasteiger partial charge in [0.2, 0.25) is 11.8 Å². The smallest absolute Gasteiger partial charge is 0.475 e. The van der Waals surface area contributed by atoms with Crippen LogP contribution in [0.15, 0.2) is 24.3 Å². The standard InChI is InChI=1S/C20H31BN2O5/c1-13(2)9-18(21(26)27)23-20(25)17(11-14-7-8-14)19(24)22-12-15-5-4-6-16(10-15)28-3/h4-6,10,13-14,17-18,26-27H,7-9,11-12H2,1-3H3,(H,22,24)(H,23,25). The average molecular weight is 390 g/mol. The van der Waals surface area contributed by atoms with E-state index in [0.29, 0.717) is 31.1 Å². The lowest BCUT2D eigenvalue weighted by atomic mass is 9.74. The molecule has 2 atom stereocenters. The summed E-state index contributed by atoms with van der Waals surface area (Å²) in [6, 6.07) is 7.37. The number of carbonyl (C=O) groups excluding carboxylic acids is 2. The molecule has 2 unspecified atom stereocenters. The first-order valence-corrected chi connectivity index (χ1v) is 9.87. The quantitative estimate of drug-likeness (QED) is 0.336. The highest BCUT2D eigenvalue weighted by Crippen LogP contribution is 2.35. The Morgan fingerprint density at radius 3 is 2.54 bits per heavy atom. The van der Waals surface area contributed by atoms with E-state index in [-0.39, 0.29) is 11.8 Å². The third-order valence-electron chi connectivity index (χ3n) is 4.91. The molecule has 1 aromatic rings. The predicted molar refractivity (Wildman–Crippen MR) is 107 cm³/mol. The molecule has 0 aliphatic heterocycles. The van der Waals surface area contributed by atoms with E-state index >= 15 is 0 Å². The molecule has 2 amide bonds. The minimum absolute atomic E-state index is 0.177. The van der Waals surface area contributed by atoms with E-state index in [1.807, 2.05) is 38.1 Å². The van der Waals surface area contributed by atoms with Crippen molar-refractivity contribution < 1.29 is 24.4 Å². The first-order valence-electron chi connectivity index (χ1n) is 9.87. The van der Waals surface area contributed by atoms with Gasteiger partial charge in [0.15, 0.2) is 0 Å². The Morgan fingerprint density at radius 1 is 1.25 bits per heavy atom. The number of nitrogens with one attached hydrogen (secondary N) is 2. The van der Waals surface area contributed by atoms with Crippen LogP contribution in [0, 0.1) is 17.8 Å². The van der Waals surface area contributed by atoms with Crippen molar-refractivity contribution in [3.8, 4) is 5.75 Å². The molecule has 2 rings (SSSR count). The number of hydrogen-bond donors (Lipinski definition) is 4. The lowest BCUT2D eigenvalue weighted by molar-refractivity contribution is -0.136.